The van der Waals surface area contributed by atoms with Crippen LogP contribution in [0.15, 0.2) is 197 Å². The van der Waals surface area contributed by atoms with E-state index >= 15 is 0 Å². The number of rotatable bonds is 30. The van der Waals surface area contributed by atoms with Crippen molar-refractivity contribution in [2.45, 2.75) is 198 Å². The number of ether oxygens (including phenoxy) is 4. The minimum atomic E-state index is -0.0819. The van der Waals surface area contributed by atoms with E-state index in [9.17, 15) is 24.3 Å². The molecule has 22 nitrogen and oxygen atoms in total. The molecule has 0 unspecified atom stereocenters. The maximum atomic E-state index is 13.3. The van der Waals surface area contributed by atoms with Crippen LogP contribution in [0.2, 0.25) is 0 Å². The first kappa shape index (κ1) is 115. The number of halogens is 1. The van der Waals surface area contributed by atoms with Crippen LogP contribution in [0.1, 0.15) is 250 Å². The number of carbonyl (C=O) groups is 4. The topological polar surface area (TPSA) is 297 Å². The summed E-state index contributed by atoms with van der Waals surface area (Å²) in [6.07, 6.45) is 33.2. The predicted molar refractivity (Wildman–Crippen MR) is 564 cm³/mol. The molecule has 6 N–H and O–H groups in total. The molecule has 4 aliphatic rings. The number of carbonyl (C=O) groups excluding carboxylic acids is 4. The van der Waals surface area contributed by atoms with Gasteiger partial charge in [0.25, 0.3) is 0 Å². The number of nitrogens with one attached hydrogen (secondary N) is 4. The quantitative estimate of drug-likeness (QED) is 0.0105. The average molecular weight is 2090 g/mol. The Morgan fingerprint density at radius 1 is 0.423 bits per heavy atom. The summed E-state index contributed by atoms with van der Waals surface area (Å²) < 4.78 is 22.2. The molecule has 4 fully saturated rings. The first-order valence-corrected chi connectivity index (χ1v) is 49.6. The Kier molecular flexibility index (Phi) is 49.4. The number of nitrogens with zero attached hydrogens (tertiary/aromatic N) is 8. The first-order valence-electron chi connectivity index (χ1n) is 45.3. The van der Waals surface area contributed by atoms with Gasteiger partial charge in [-0.2, -0.15) is 0 Å². The number of terminal acetylenes is 1. The van der Waals surface area contributed by atoms with Gasteiger partial charge < -0.3 is 57.9 Å². The number of aryl methyl sites for hydroxylation is 4. The second-order valence-corrected chi connectivity index (χ2v) is 38.3. The number of aliphatic hydroxyl groups is 2. The molecular weight excluding hydrogens is 1950 g/mol. The van der Waals surface area contributed by atoms with Gasteiger partial charge >= 0.3 is 0 Å². The molecule has 0 aliphatic heterocycles. The van der Waals surface area contributed by atoms with E-state index in [2.05, 4.69) is 161 Å². The van der Waals surface area contributed by atoms with Crippen LogP contribution in [0.5, 0.6) is 23.0 Å². The van der Waals surface area contributed by atoms with Crippen molar-refractivity contribution < 1.29 is 70.2 Å². The number of hydrogen-bond acceptors (Lipinski definition) is 26. The summed E-state index contributed by atoms with van der Waals surface area (Å²) in [7, 11) is 6.62. The fourth-order valence-corrected chi connectivity index (χ4v) is 21.7. The Labute approximate surface area is 852 Å². The third-order valence-electron chi connectivity index (χ3n) is 25.0. The zero-order chi connectivity index (χ0) is 94.0. The van der Waals surface area contributed by atoms with E-state index in [0.717, 1.165) is 161 Å². The minimum Gasteiger partial charge on any atom is -0.496 e. The molecule has 12 aromatic rings. The van der Waals surface area contributed by atoms with E-state index in [0.29, 0.717) is 102 Å². The molecule has 4 aliphatic carbocycles. The molecule has 4 aromatic carbocycles. The molecule has 12 atom stereocenters. The minimum absolute atomic E-state index is 0. The maximum absolute atomic E-state index is 13.3. The number of anilines is 4. The van der Waals surface area contributed by atoms with Crippen molar-refractivity contribution in [2.24, 2.45) is 47.3 Å². The summed E-state index contributed by atoms with van der Waals surface area (Å²) in [5.74, 6) is 19.4. The van der Waals surface area contributed by atoms with Gasteiger partial charge in [-0.05, 0) is 241 Å². The van der Waals surface area contributed by atoms with Crippen LogP contribution in [0.3, 0.4) is 0 Å². The molecule has 0 radical (unpaired) electrons. The first-order chi connectivity index (χ1) is 64.1. The molecule has 137 heavy (non-hydrogen) atoms. The third-order valence-corrected chi connectivity index (χ3v) is 29.6. The van der Waals surface area contributed by atoms with E-state index < -0.39 is 0 Å². The van der Waals surface area contributed by atoms with Gasteiger partial charge in [0.15, 0.2) is 0 Å². The summed E-state index contributed by atoms with van der Waals surface area (Å²) in [5, 5.41) is 39.0. The van der Waals surface area contributed by atoms with E-state index in [1.54, 1.807) is 60.2 Å². The van der Waals surface area contributed by atoms with Gasteiger partial charge in [0, 0.05) is 105 Å². The van der Waals surface area contributed by atoms with Crippen molar-refractivity contribution in [1.29, 1.82) is 0 Å². The van der Waals surface area contributed by atoms with Gasteiger partial charge in [-0.3, -0.25) is 19.2 Å². The third kappa shape index (κ3) is 32.4. The summed E-state index contributed by atoms with van der Waals surface area (Å²) in [6, 6.07) is 40.1. The average Bonchev–Trinajstić information content (AvgIpc) is 1.71. The van der Waals surface area contributed by atoms with Crippen LogP contribution >= 0.6 is 61.3 Å². The van der Waals surface area contributed by atoms with Crippen molar-refractivity contribution in [1.82, 2.24) is 39.9 Å². The van der Waals surface area contributed by atoms with Gasteiger partial charge in [-0.15, -0.1) is 51.8 Å². The zero-order valence-electron chi connectivity index (χ0n) is 78.6. The number of aromatic nitrogens is 8. The van der Waals surface area contributed by atoms with Crippen LogP contribution in [0.25, 0.3) is 0 Å². The number of aliphatic hydroxyl groups excluding tert-OH is 2. The smallest absolute Gasteiger partial charge is 0.208 e. The molecule has 736 valence electrons. The Morgan fingerprint density at radius 2 is 0.730 bits per heavy atom. The number of hydrogen-bond donors (Lipinski definition) is 6. The summed E-state index contributed by atoms with van der Waals surface area (Å²) in [5.41, 5.74) is 9.13. The maximum Gasteiger partial charge on any atom is 0.208 e. The van der Waals surface area contributed by atoms with E-state index in [1.807, 2.05) is 125 Å². The molecule has 28 heteroatoms. The van der Waals surface area contributed by atoms with Crippen LogP contribution in [0, 0.1) is 79.0 Å². The molecule has 0 saturated heterocycles. The molecule has 16 rings (SSSR count). The predicted octanol–water partition coefficient (Wildman–Crippen LogP) is 24.6. The van der Waals surface area contributed by atoms with Crippen LogP contribution in [-0.4, -0.2) is 139 Å². The Hall–Kier alpha value is -10.7. The second kappa shape index (κ2) is 58.9. The Bertz CT molecular complexity index is 5690. The molecule has 0 bridgehead atoms. The SMILES string of the molecule is C.C.C.C#Cc1ccccc1OC.CCO.CC[C@H]1C[C@@H](Nc2ncncc2C(=O)c2cc(Br)cs2)C[C@@H]1C.CC[C@H]1C[C@@H](Nc2ncncc2C(=O)c2cc(C#Cc3ccccc3OC)cs2)C[C@@H]1C.CC[C@H]1C[C@@H](Nc2ncncc2C(=O)c2cc(CCc3ccccc3OC)cs2)C[C@@H]1C.COc1ccccc1CCc1csc(C(=O)c2cncnc2N[C@@H]2C[C@H](CO)[C@@H](C)C2)c1.[CH3-].[HH].[Pd]. The number of benzene rings is 4. The van der Waals surface area contributed by atoms with Gasteiger partial charge in [0.2, 0.25) is 23.1 Å². The van der Waals surface area contributed by atoms with E-state index in [-0.39, 0.29) is 99.9 Å². The summed E-state index contributed by atoms with van der Waals surface area (Å²) in [4.78, 5) is 89.0. The van der Waals surface area contributed by atoms with Crippen molar-refractivity contribution in [3.63, 3.8) is 0 Å². The summed E-state index contributed by atoms with van der Waals surface area (Å²) in [6.45, 7) is 18.0. The number of methoxy groups -OCH3 is 4. The normalized spacial score (nSPS) is 18.8. The van der Waals surface area contributed by atoms with E-state index in [1.165, 1.54) is 95.5 Å². The molecule has 8 aromatic heterocycles. The summed E-state index contributed by atoms with van der Waals surface area (Å²) >= 11 is 9.16. The fraction of sp³-hybridized carbons (Fsp3) is 0.404. The number of thiophene rings is 4. The van der Waals surface area contributed by atoms with Crippen molar-refractivity contribution in [3.8, 4) is 47.2 Å². The Balaban J connectivity index is 0.000000308. The Morgan fingerprint density at radius 3 is 1.05 bits per heavy atom. The zero-order valence-corrected chi connectivity index (χ0v) is 85.0. The monoisotopic (exact) mass is 2090 g/mol. The van der Waals surface area contributed by atoms with Crippen LogP contribution < -0.4 is 40.2 Å². The number of ketones is 4. The molecule has 0 amide bonds. The molecule has 4 saturated carbocycles. The molecule has 8 heterocycles. The molecule has 0 spiro atoms. The molecular formula is C109H138BrN12O10PdS4-. The number of para-hydroxylation sites is 4. The fourth-order valence-electron chi connectivity index (χ4n) is 17.8. The van der Waals surface area contributed by atoms with Crippen LogP contribution in [0.4, 0.5) is 23.3 Å². The van der Waals surface area contributed by atoms with Gasteiger partial charge in [-0.1, -0.05) is 168 Å². The van der Waals surface area contributed by atoms with Crippen molar-refractivity contribution in [3.05, 3.63) is 286 Å². The van der Waals surface area contributed by atoms with E-state index in [4.69, 9.17) is 30.5 Å². The second-order valence-electron chi connectivity index (χ2n) is 33.8. The largest absolute Gasteiger partial charge is 0.496 e. The van der Waals surface area contributed by atoms with Gasteiger partial charge in [0.1, 0.15) is 71.6 Å². The van der Waals surface area contributed by atoms with Crippen LogP contribution in [-0.2, 0) is 46.1 Å². The van der Waals surface area contributed by atoms with Gasteiger partial charge in [0.05, 0.1) is 81.3 Å². The van der Waals surface area contributed by atoms with Crippen molar-refractivity contribution in [2.75, 3.05) is 62.9 Å². The van der Waals surface area contributed by atoms with Gasteiger partial charge in [-0.25, -0.2) is 39.9 Å². The standard InChI is InChI=1S/C26H31N3O2S.C26H27N3O2S.C25H29N3O3S.C17H20BrN3OS.C9H8O.C2H6O.3CH4.CH3.Pd.H2/c2*1-4-19-13-21(11-17(19)2)29-26-22(14-27-16-28-26)25(30)24-12-18(15-32-24)9-10-20-7-5-6-8-23(20)31-3;1-16-9-20(11-19(16)13-29)28-25-21(12-26-15-27-25)24(30)23-10-17(14-32-23)7-8-18-5-3-4-6-22(18)31-2;1-3-11-5-13(4-10(11)2)21-17-14(7-19-9-20-17)16(22)15-6-12(18)8-23-15;1-3-8-6-4-5-7-9(8)10-2;1-2-3;;;;;;/h5-8,12,14-17,19,21H,4,9-11,13H2,1-3H3,(H,27,28,29);5-8,12,14-17,19,21H,4,11,13H2,1-3H3,(H,27,28,29);3-6,10,12,14-16,19-20,29H,7-9,11,13H2,1-2H3,(H,26,27,28);6-11,13H,3-5H2,1-2H3,(H,19,20,21);1,4-7H,2H3;3H,2H2,1H3;3*1H4;1H3;;1H/q;;;;;;;;;-1;;/t2*17-,19-,21-;16-,19+,20-;10-,11-,13-;;;;;;;;/m0000......../s1. The van der Waals surface area contributed by atoms with Crippen molar-refractivity contribution >= 4 is 108 Å².